The van der Waals surface area contributed by atoms with Gasteiger partial charge >= 0.3 is 0 Å². The van der Waals surface area contributed by atoms with Gasteiger partial charge in [-0.25, -0.2) is 4.98 Å². The Labute approximate surface area is 118 Å². The fourth-order valence-corrected chi connectivity index (χ4v) is 2.51. The molecule has 0 aliphatic carbocycles. The predicted octanol–water partition coefficient (Wildman–Crippen LogP) is 4.00. The predicted molar refractivity (Wildman–Crippen MR) is 79.6 cm³/mol. The summed E-state index contributed by atoms with van der Waals surface area (Å²) in [4.78, 5) is 6.49. The van der Waals surface area contributed by atoms with Crippen LogP contribution in [0.25, 0.3) is 10.9 Å². The highest BCUT2D eigenvalue weighted by atomic mass is 35.5. The first kappa shape index (κ1) is 13.6. The monoisotopic (exact) mass is 273 g/mol. The number of anilines is 1. The molecule has 2 rings (SSSR count). The number of nitriles is 1. The zero-order chi connectivity index (χ0) is 13.8. The lowest BCUT2D eigenvalue weighted by atomic mass is 10.1. The van der Waals surface area contributed by atoms with Crippen molar-refractivity contribution in [1.29, 1.82) is 5.26 Å². The number of hydrogen-bond donors (Lipinski definition) is 0. The van der Waals surface area contributed by atoms with Crippen LogP contribution in [0.4, 0.5) is 5.69 Å². The van der Waals surface area contributed by atoms with Crippen molar-refractivity contribution in [2.75, 3.05) is 18.0 Å². The van der Waals surface area contributed by atoms with Crippen LogP contribution in [0.1, 0.15) is 25.8 Å². The summed E-state index contributed by atoms with van der Waals surface area (Å²) in [5.74, 6) is 0. The number of rotatable bonds is 4. The summed E-state index contributed by atoms with van der Waals surface area (Å²) in [6, 6.07) is 10.00. The fraction of sp³-hybridized carbons (Fsp3) is 0.333. The first-order chi connectivity index (χ1) is 9.22. The number of aromatic nitrogens is 1. The minimum Gasteiger partial charge on any atom is -0.370 e. The highest BCUT2D eigenvalue weighted by Crippen LogP contribution is 2.33. The lowest BCUT2D eigenvalue weighted by molar-refractivity contribution is 0.793. The molecule has 0 atom stereocenters. The summed E-state index contributed by atoms with van der Waals surface area (Å²) < 4.78 is 0. The molecule has 4 heteroatoms. The molecule has 1 aromatic heterocycles. The molecule has 2 aromatic rings. The van der Waals surface area contributed by atoms with Gasteiger partial charge in [0.15, 0.2) is 0 Å². The molecular weight excluding hydrogens is 258 g/mol. The third-order valence-corrected chi connectivity index (χ3v) is 3.40. The number of benzene rings is 1. The van der Waals surface area contributed by atoms with Crippen LogP contribution < -0.4 is 4.90 Å². The van der Waals surface area contributed by atoms with Gasteiger partial charge in [0.05, 0.1) is 11.2 Å². The van der Waals surface area contributed by atoms with E-state index in [-0.39, 0.29) is 5.15 Å². The quantitative estimate of drug-likeness (QED) is 0.791. The summed E-state index contributed by atoms with van der Waals surface area (Å²) >= 11 is 6.15. The van der Waals surface area contributed by atoms with Gasteiger partial charge in [0.1, 0.15) is 16.8 Å². The van der Waals surface area contributed by atoms with Gasteiger partial charge in [-0.1, -0.05) is 36.7 Å². The first-order valence-electron chi connectivity index (χ1n) is 6.46. The topological polar surface area (TPSA) is 39.9 Å². The van der Waals surface area contributed by atoms with Gasteiger partial charge in [-0.2, -0.15) is 5.26 Å². The lowest BCUT2D eigenvalue weighted by Gasteiger charge is -2.25. The highest BCUT2D eigenvalue weighted by Gasteiger charge is 2.17. The van der Waals surface area contributed by atoms with Crippen molar-refractivity contribution < 1.29 is 0 Å². The van der Waals surface area contributed by atoms with Gasteiger partial charge in [0, 0.05) is 18.5 Å². The Morgan fingerprint density at radius 2 is 2.05 bits per heavy atom. The zero-order valence-corrected chi connectivity index (χ0v) is 11.9. The first-order valence-corrected chi connectivity index (χ1v) is 6.84. The molecule has 0 aliphatic rings. The molecular formula is C15H16ClN3. The summed E-state index contributed by atoms with van der Waals surface area (Å²) in [5, 5.41) is 10.6. The fourth-order valence-electron chi connectivity index (χ4n) is 2.29. The molecule has 0 amide bonds. The second kappa shape index (κ2) is 5.90. The van der Waals surface area contributed by atoms with E-state index in [1.54, 1.807) is 0 Å². The van der Waals surface area contributed by atoms with Crippen LogP contribution in [0, 0.1) is 11.3 Å². The van der Waals surface area contributed by atoms with Crippen molar-refractivity contribution in [3.8, 4) is 6.07 Å². The standard InChI is InChI=1S/C15H16ClN3/c1-3-9-19(4-2)14-11-7-5-6-8-13(11)18-15(16)12(14)10-17/h5-8H,3-4,9H2,1-2H3. The van der Waals surface area contributed by atoms with Gasteiger partial charge in [0.25, 0.3) is 0 Å². The summed E-state index contributed by atoms with van der Waals surface area (Å²) in [7, 11) is 0. The largest absolute Gasteiger partial charge is 0.370 e. The molecule has 0 saturated heterocycles. The van der Waals surface area contributed by atoms with Crippen LogP contribution in [0.15, 0.2) is 24.3 Å². The molecule has 0 spiro atoms. The van der Waals surface area contributed by atoms with Gasteiger partial charge in [-0.05, 0) is 19.4 Å². The number of nitrogens with zero attached hydrogens (tertiary/aromatic N) is 3. The number of halogens is 1. The third-order valence-electron chi connectivity index (χ3n) is 3.12. The van der Waals surface area contributed by atoms with E-state index in [0.717, 1.165) is 36.1 Å². The van der Waals surface area contributed by atoms with Gasteiger partial charge in [0.2, 0.25) is 0 Å². The van der Waals surface area contributed by atoms with Crippen LogP contribution in [0.2, 0.25) is 5.15 Å². The van der Waals surface area contributed by atoms with Gasteiger partial charge < -0.3 is 4.90 Å². The number of pyridine rings is 1. The molecule has 98 valence electrons. The Balaban J connectivity index is 2.77. The SMILES string of the molecule is CCCN(CC)c1c(C#N)c(Cl)nc2ccccc12. The average Bonchev–Trinajstić information content (AvgIpc) is 2.43. The molecule has 0 N–H and O–H groups in total. The number of fused-ring (bicyclic) bond motifs is 1. The van der Waals surface area contributed by atoms with E-state index >= 15 is 0 Å². The summed E-state index contributed by atoms with van der Waals surface area (Å²) in [6.45, 7) is 5.95. The van der Waals surface area contributed by atoms with Crippen molar-refractivity contribution in [2.45, 2.75) is 20.3 Å². The van der Waals surface area contributed by atoms with E-state index in [2.05, 4.69) is 29.8 Å². The van der Waals surface area contributed by atoms with Crippen molar-refractivity contribution >= 4 is 28.2 Å². The smallest absolute Gasteiger partial charge is 0.149 e. The summed E-state index contributed by atoms with van der Waals surface area (Å²) in [5.41, 5.74) is 2.20. The Morgan fingerprint density at radius 1 is 1.32 bits per heavy atom. The van der Waals surface area contributed by atoms with Crippen molar-refractivity contribution in [3.63, 3.8) is 0 Å². The minimum absolute atomic E-state index is 0.283. The summed E-state index contributed by atoms with van der Waals surface area (Å²) in [6.07, 6.45) is 1.02. The highest BCUT2D eigenvalue weighted by molar-refractivity contribution is 6.31. The number of para-hydroxylation sites is 1. The van der Waals surface area contributed by atoms with E-state index in [0.29, 0.717) is 5.56 Å². The second-order valence-electron chi connectivity index (χ2n) is 4.33. The molecule has 19 heavy (non-hydrogen) atoms. The molecule has 0 unspecified atom stereocenters. The Hall–Kier alpha value is -1.79. The lowest BCUT2D eigenvalue weighted by Crippen LogP contribution is -2.25. The van der Waals surface area contributed by atoms with E-state index in [1.807, 2.05) is 24.3 Å². The molecule has 0 fully saturated rings. The molecule has 1 heterocycles. The third kappa shape index (κ3) is 2.50. The molecule has 0 bridgehead atoms. The molecule has 0 saturated carbocycles. The Bertz CT molecular complexity index is 631. The van der Waals surface area contributed by atoms with Crippen LogP contribution in [-0.4, -0.2) is 18.1 Å². The van der Waals surface area contributed by atoms with Crippen molar-refractivity contribution in [1.82, 2.24) is 4.98 Å². The number of hydrogen-bond acceptors (Lipinski definition) is 3. The molecule has 0 radical (unpaired) electrons. The van der Waals surface area contributed by atoms with E-state index < -0.39 is 0 Å². The molecule has 3 nitrogen and oxygen atoms in total. The maximum atomic E-state index is 9.37. The molecule has 0 aliphatic heterocycles. The Morgan fingerprint density at radius 3 is 2.68 bits per heavy atom. The van der Waals surface area contributed by atoms with Crippen molar-refractivity contribution in [2.24, 2.45) is 0 Å². The van der Waals surface area contributed by atoms with Crippen LogP contribution >= 0.6 is 11.6 Å². The van der Waals surface area contributed by atoms with Gasteiger partial charge in [-0.3, -0.25) is 0 Å². The maximum absolute atomic E-state index is 9.37. The zero-order valence-electron chi connectivity index (χ0n) is 11.2. The van der Waals surface area contributed by atoms with Gasteiger partial charge in [-0.15, -0.1) is 0 Å². The average molecular weight is 274 g/mol. The maximum Gasteiger partial charge on any atom is 0.149 e. The van der Waals surface area contributed by atoms with Crippen LogP contribution in [0.5, 0.6) is 0 Å². The normalized spacial score (nSPS) is 10.4. The van der Waals surface area contributed by atoms with Crippen molar-refractivity contribution in [3.05, 3.63) is 35.0 Å². The Kier molecular flexibility index (Phi) is 4.24. The second-order valence-corrected chi connectivity index (χ2v) is 4.69. The van der Waals surface area contributed by atoms with Crippen LogP contribution in [-0.2, 0) is 0 Å². The van der Waals surface area contributed by atoms with E-state index in [1.165, 1.54) is 0 Å². The van der Waals surface area contributed by atoms with E-state index in [9.17, 15) is 5.26 Å². The molecule has 1 aromatic carbocycles. The minimum atomic E-state index is 0.283. The van der Waals surface area contributed by atoms with Crippen LogP contribution in [0.3, 0.4) is 0 Å². The van der Waals surface area contributed by atoms with E-state index in [4.69, 9.17) is 11.6 Å².